The Labute approximate surface area is 183 Å². The van der Waals surface area contributed by atoms with Crippen molar-refractivity contribution in [1.82, 2.24) is 4.90 Å². The summed E-state index contributed by atoms with van der Waals surface area (Å²) in [5.74, 6) is 0.0217. The number of para-hydroxylation sites is 1. The van der Waals surface area contributed by atoms with Gasteiger partial charge in [-0.1, -0.05) is 60.7 Å². The van der Waals surface area contributed by atoms with Crippen molar-refractivity contribution in [3.8, 4) is 11.1 Å². The second-order valence-corrected chi connectivity index (χ2v) is 8.27. The van der Waals surface area contributed by atoms with Crippen LogP contribution in [0, 0.1) is 19.8 Å². The Balaban J connectivity index is 1.35. The van der Waals surface area contributed by atoms with Gasteiger partial charge < -0.3 is 10.2 Å². The van der Waals surface area contributed by atoms with Crippen LogP contribution in [-0.4, -0.2) is 29.8 Å². The highest BCUT2D eigenvalue weighted by Gasteiger charge is 2.28. The van der Waals surface area contributed by atoms with Crippen LogP contribution in [-0.2, 0) is 4.79 Å². The number of nitrogens with one attached hydrogen (secondary N) is 1. The average molecular weight is 413 g/mol. The monoisotopic (exact) mass is 412 g/mol. The number of rotatable bonds is 4. The average Bonchev–Trinajstić information content (AvgIpc) is 2.82. The minimum Gasteiger partial charge on any atom is -0.339 e. The number of hydrogen-bond donors (Lipinski definition) is 1. The van der Waals surface area contributed by atoms with Crippen molar-refractivity contribution in [3.05, 3.63) is 89.5 Å². The first-order chi connectivity index (χ1) is 15.0. The smallest absolute Gasteiger partial charge is 0.253 e. The van der Waals surface area contributed by atoms with Gasteiger partial charge in [-0.25, -0.2) is 0 Å². The quantitative estimate of drug-likeness (QED) is 0.618. The van der Waals surface area contributed by atoms with Gasteiger partial charge in [-0.15, -0.1) is 0 Å². The van der Waals surface area contributed by atoms with E-state index in [1.165, 1.54) is 0 Å². The Kier molecular flexibility index (Phi) is 6.17. The number of carbonyl (C=O) groups excluding carboxylic acids is 2. The highest BCUT2D eigenvalue weighted by atomic mass is 16.2. The Morgan fingerprint density at radius 1 is 0.774 bits per heavy atom. The summed E-state index contributed by atoms with van der Waals surface area (Å²) in [4.78, 5) is 27.6. The molecule has 4 heteroatoms. The van der Waals surface area contributed by atoms with Crippen LogP contribution in [0.25, 0.3) is 11.1 Å². The number of nitrogens with zero attached hydrogens (tertiary/aromatic N) is 1. The molecule has 1 fully saturated rings. The van der Waals surface area contributed by atoms with Crippen LogP contribution in [0.2, 0.25) is 0 Å². The number of aryl methyl sites for hydroxylation is 2. The second-order valence-electron chi connectivity index (χ2n) is 8.27. The van der Waals surface area contributed by atoms with Gasteiger partial charge in [-0.3, -0.25) is 9.59 Å². The molecule has 1 aliphatic rings. The summed E-state index contributed by atoms with van der Waals surface area (Å²) in [7, 11) is 0. The van der Waals surface area contributed by atoms with Gasteiger partial charge in [0.15, 0.2) is 0 Å². The zero-order valence-electron chi connectivity index (χ0n) is 18.1. The van der Waals surface area contributed by atoms with Gasteiger partial charge in [0, 0.05) is 30.3 Å². The SMILES string of the molecule is Cc1cccc(C)c1NC(=O)C1CCN(C(=O)c2ccc(-c3ccccc3)cc2)CC1. The fraction of sp³-hybridized carbons (Fsp3) is 0.259. The number of carbonyl (C=O) groups is 2. The molecule has 0 aliphatic carbocycles. The van der Waals surface area contributed by atoms with Gasteiger partial charge in [0.2, 0.25) is 5.91 Å². The minimum atomic E-state index is -0.0662. The largest absolute Gasteiger partial charge is 0.339 e. The van der Waals surface area contributed by atoms with E-state index in [1.807, 2.05) is 79.4 Å². The second kappa shape index (κ2) is 9.17. The molecule has 1 aliphatic heterocycles. The van der Waals surface area contributed by atoms with Gasteiger partial charge in [0.1, 0.15) is 0 Å². The molecule has 0 atom stereocenters. The summed E-state index contributed by atoms with van der Waals surface area (Å²) in [6, 6.07) is 23.9. The molecule has 0 radical (unpaired) electrons. The summed E-state index contributed by atoms with van der Waals surface area (Å²) in [6.07, 6.45) is 1.37. The van der Waals surface area contributed by atoms with Crippen LogP contribution in [0.3, 0.4) is 0 Å². The molecular weight excluding hydrogens is 384 g/mol. The van der Waals surface area contributed by atoms with Crippen molar-refractivity contribution in [2.24, 2.45) is 5.92 Å². The maximum absolute atomic E-state index is 12.9. The van der Waals surface area contributed by atoms with Crippen LogP contribution in [0.5, 0.6) is 0 Å². The molecule has 158 valence electrons. The summed E-state index contributed by atoms with van der Waals surface area (Å²) >= 11 is 0. The van der Waals surface area contributed by atoms with E-state index < -0.39 is 0 Å². The zero-order chi connectivity index (χ0) is 21.8. The highest BCUT2D eigenvalue weighted by Crippen LogP contribution is 2.25. The summed E-state index contributed by atoms with van der Waals surface area (Å²) in [5.41, 5.74) is 5.97. The number of amides is 2. The van der Waals surface area contributed by atoms with Crippen molar-refractivity contribution in [2.45, 2.75) is 26.7 Å². The van der Waals surface area contributed by atoms with Crippen molar-refractivity contribution >= 4 is 17.5 Å². The lowest BCUT2D eigenvalue weighted by atomic mass is 9.94. The molecule has 31 heavy (non-hydrogen) atoms. The molecule has 4 rings (SSSR count). The third-order valence-electron chi connectivity index (χ3n) is 6.12. The molecule has 4 nitrogen and oxygen atoms in total. The van der Waals surface area contributed by atoms with Gasteiger partial charge in [0.25, 0.3) is 5.91 Å². The Hall–Kier alpha value is -3.40. The molecule has 1 saturated heterocycles. The van der Waals surface area contributed by atoms with E-state index in [-0.39, 0.29) is 17.7 Å². The Morgan fingerprint density at radius 2 is 1.35 bits per heavy atom. The van der Waals surface area contributed by atoms with E-state index >= 15 is 0 Å². The van der Waals surface area contributed by atoms with Crippen molar-refractivity contribution in [1.29, 1.82) is 0 Å². The van der Waals surface area contributed by atoms with E-state index in [1.54, 1.807) is 0 Å². The van der Waals surface area contributed by atoms with E-state index in [4.69, 9.17) is 0 Å². The Morgan fingerprint density at radius 3 is 1.97 bits per heavy atom. The summed E-state index contributed by atoms with van der Waals surface area (Å²) in [6.45, 7) is 5.22. The number of anilines is 1. The van der Waals surface area contributed by atoms with E-state index in [9.17, 15) is 9.59 Å². The van der Waals surface area contributed by atoms with E-state index in [0.717, 1.165) is 27.9 Å². The van der Waals surface area contributed by atoms with Crippen molar-refractivity contribution in [2.75, 3.05) is 18.4 Å². The van der Waals surface area contributed by atoms with Gasteiger partial charge >= 0.3 is 0 Å². The molecule has 3 aromatic carbocycles. The third kappa shape index (κ3) is 4.69. The van der Waals surface area contributed by atoms with Gasteiger partial charge in [0.05, 0.1) is 0 Å². The Bertz CT molecular complexity index is 1050. The van der Waals surface area contributed by atoms with Gasteiger partial charge in [-0.05, 0) is 61.1 Å². The zero-order valence-corrected chi connectivity index (χ0v) is 18.1. The maximum Gasteiger partial charge on any atom is 0.253 e. The fourth-order valence-corrected chi connectivity index (χ4v) is 4.20. The third-order valence-corrected chi connectivity index (χ3v) is 6.12. The molecule has 0 bridgehead atoms. The molecule has 3 aromatic rings. The molecular formula is C27H28N2O2. The summed E-state index contributed by atoms with van der Waals surface area (Å²) in [5, 5.41) is 3.10. The van der Waals surface area contributed by atoms with Crippen LogP contribution in [0.15, 0.2) is 72.8 Å². The van der Waals surface area contributed by atoms with Crippen LogP contribution in [0.4, 0.5) is 5.69 Å². The first kappa shape index (κ1) is 20.9. The number of benzene rings is 3. The highest BCUT2D eigenvalue weighted by molar-refractivity contribution is 5.96. The van der Waals surface area contributed by atoms with Gasteiger partial charge in [-0.2, -0.15) is 0 Å². The van der Waals surface area contributed by atoms with Crippen LogP contribution >= 0.6 is 0 Å². The molecule has 0 aromatic heterocycles. The van der Waals surface area contributed by atoms with Crippen LogP contribution < -0.4 is 5.32 Å². The lowest BCUT2D eigenvalue weighted by Crippen LogP contribution is -2.41. The fourth-order valence-electron chi connectivity index (χ4n) is 4.20. The molecule has 0 saturated carbocycles. The lowest BCUT2D eigenvalue weighted by Gasteiger charge is -2.31. The van der Waals surface area contributed by atoms with E-state index in [0.29, 0.717) is 31.5 Å². The van der Waals surface area contributed by atoms with Crippen molar-refractivity contribution in [3.63, 3.8) is 0 Å². The first-order valence-corrected chi connectivity index (χ1v) is 10.8. The first-order valence-electron chi connectivity index (χ1n) is 10.8. The molecule has 1 heterocycles. The number of hydrogen-bond acceptors (Lipinski definition) is 2. The number of piperidine rings is 1. The molecule has 2 amide bonds. The lowest BCUT2D eigenvalue weighted by molar-refractivity contribution is -0.121. The molecule has 1 N–H and O–H groups in total. The maximum atomic E-state index is 12.9. The normalized spacial score (nSPS) is 14.3. The van der Waals surface area contributed by atoms with Crippen molar-refractivity contribution < 1.29 is 9.59 Å². The predicted molar refractivity (Wildman–Crippen MR) is 125 cm³/mol. The molecule has 0 spiro atoms. The standard InChI is InChI=1S/C27H28N2O2/c1-19-7-6-8-20(2)25(19)28-26(30)23-15-17-29(18-16-23)27(31)24-13-11-22(12-14-24)21-9-4-3-5-10-21/h3-14,23H,15-18H2,1-2H3,(H,28,30). The van der Waals surface area contributed by atoms with E-state index in [2.05, 4.69) is 17.4 Å². The predicted octanol–water partition coefficient (Wildman–Crippen LogP) is 5.46. The number of likely N-dealkylation sites (tertiary alicyclic amines) is 1. The minimum absolute atomic E-state index is 0.0354. The molecule has 0 unspecified atom stereocenters. The topological polar surface area (TPSA) is 49.4 Å². The van der Waals surface area contributed by atoms with Crippen LogP contribution in [0.1, 0.15) is 34.3 Å². The summed E-state index contributed by atoms with van der Waals surface area (Å²) < 4.78 is 0.